The minimum Gasteiger partial charge on any atom is -0.490 e. The van der Waals surface area contributed by atoms with Gasteiger partial charge >= 0.3 is 0 Å². The molecule has 1 heterocycles. The number of hydrogen-bond donors (Lipinski definition) is 2. The van der Waals surface area contributed by atoms with Gasteiger partial charge in [-0.1, -0.05) is 32.0 Å². The lowest BCUT2D eigenvalue weighted by atomic mass is 10.0. The van der Waals surface area contributed by atoms with E-state index in [1.165, 1.54) is 5.56 Å². The number of aromatic nitrogens is 1. The summed E-state index contributed by atoms with van der Waals surface area (Å²) in [5, 5.41) is 6.01. The van der Waals surface area contributed by atoms with Gasteiger partial charge in [0.05, 0.1) is 19.8 Å². The number of amides is 1. The number of rotatable bonds is 11. The van der Waals surface area contributed by atoms with E-state index in [1.807, 2.05) is 51.1 Å². The first-order valence-corrected chi connectivity index (χ1v) is 13.9. The Labute approximate surface area is 240 Å². The zero-order chi connectivity index (χ0) is 28.6. The molecule has 0 atom stereocenters. The largest absolute Gasteiger partial charge is 0.490 e. The third-order valence-corrected chi connectivity index (χ3v) is 6.38. The van der Waals surface area contributed by atoms with Gasteiger partial charge in [-0.15, -0.1) is 0 Å². The molecule has 0 radical (unpaired) electrons. The van der Waals surface area contributed by atoms with E-state index in [9.17, 15) is 4.79 Å². The topological polar surface area (TPSA) is 94.9 Å². The summed E-state index contributed by atoms with van der Waals surface area (Å²) in [5.74, 6) is 1.98. The summed E-state index contributed by atoms with van der Waals surface area (Å²) >= 11 is 5.38. The zero-order valence-electron chi connectivity index (χ0n) is 23.5. The molecule has 2 N–H and O–H groups in total. The molecule has 0 fully saturated rings. The van der Waals surface area contributed by atoms with Crippen LogP contribution in [0, 0.1) is 0 Å². The van der Waals surface area contributed by atoms with Crippen LogP contribution in [0.2, 0.25) is 0 Å². The second kappa shape index (κ2) is 13.3. The molecule has 0 aliphatic carbocycles. The van der Waals surface area contributed by atoms with E-state index in [0.29, 0.717) is 61.0 Å². The van der Waals surface area contributed by atoms with Crippen LogP contribution in [-0.2, 0) is 6.54 Å². The van der Waals surface area contributed by atoms with E-state index in [-0.39, 0.29) is 11.0 Å². The van der Waals surface area contributed by atoms with Gasteiger partial charge in [0.15, 0.2) is 22.2 Å². The number of carbonyl (C=O) groups is 1. The highest BCUT2D eigenvalue weighted by atomic mass is 32.1. The van der Waals surface area contributed by atoms with Crippen LogP contribution in [0.4, 0.5) is 0 Å². The van der Waals surface area contributed by atoms with Crippen molar-refractivity contribution in [1.29, 1.82) is 0 Å². The number of fused-ring (bicyclic) bond motifs is 1. The van der Waals surface area contributed by atoms with Crippen molar-refractivity contribution in [3.05, 3.63) is 71.3 Å². The normalized spacial score (nSPS) is 10.9. The maximum Gasteiger partial charge on any atom is 0.257 e. The Balaban J connectivity index is 1.39. The smallest absolute Gasteiger partial charge is 0.257 e. The molecule has 3 aromatic carbocycles. The summed E-state index contributed by atoms with van der Waals surface area (Å²) < 4.78 is 23.1. The summed E-state index contributed by atoms with van der Waals surface area (Å²) in [5.41, 5.74) is 5.05. The Morgan fingerprint density at radius 3 is 2.17 bits per heavy atom. The molecule has 4 aromatic rings. The molecule has 8 nitrogen and oxygen atoms in total. The van der Waals surface area contributed by atoms with Crippen LogP contribution in [0.5, 0.6) is 17.2 Å². The predicted molar refractivity (Wildman–Crippen MR) is 160 cm³/mol. The van der Waals surface area contributed by atoms with Crippen molar-refractivity contribution in [2.45, 2.75) is 47.1 Å². The van der Waals surface area contributed by atoms with Crippen molar-refractivity contribution < 1.29 is 23.4 Å². The molecule has 0 spiro atoms. The van der Waals surface area contributed by atoms with Gasteiger partial charge in [0.2, 0.25) is 11.6 Å². The van der Waals surface area contributed by atoms with Crippen LogP contribution in [0.25, 0.3) is 22.6 Å². The molecule has 0 aliphatic heterocycles. The highest BCUT2D eigenvalue weighted by Crippen LogP contribution is 2.39. The van der Waals surface area contributed by atoms with Gasteiger partial charge in [0.25, 0.3) is 5.91 Å². The monoisotopic (exact) mass is 561 g/mol. The lowest BCUT2D eigenvalue weighted by Crippen LogP contribution is -2.38. The lowest BCUT2D eigenvalue weighted by Gasteiger charge is -2.17. The minimum atomic E-state index is -0.380. The second-order valence-electron chi connectivity index (χ2n) is 9.34. The first-order valence-electron chi connectivity index (χ1n) is 13.5. The first-order chi connectivity index (χ1) is 19.3. The second-order valence-corrected chi connectivity index (χ2v) is 9.74. The predicted octanol–water partition coefficient (Wildman–Crippen LogP) is 6.62. The highest BCUT2D eigenvalue weighted by Gasteiger charge is 2.19. The van der Waals surface area contributed by atoms with Crippen LogP contribution >= 0.6 is 12.2 Å². The molecule has 40 heavy (non-hydrogen) atoms. The number of thiocarbonyl (C=S) groups is 1. The Bertz CT molecular complexity index is 1450. The number of nitrogens with one attached hydrogen (secondary N) is 2. The SMILES string of the molecule is CCOc1cc(C(=O)NC(=S)NCc2ccc(-c3nc4cc(C(C)C)ccc4o3)cc2)cc(OCC)c1OCC. The molecule has 0 unspecified atom stereocenters. The molecule has 0 saturated carbocycles. The third kappa shape index (κ3) is 6.90. The van der Waals surface area contributed by atoms with E-state index in [1.54, 1.807) is 12.1 Å². The molecule has 210 valence electrons. The van der Waals surface area contributed by atoms with Gasteiger partial charge in [-0.2, -0.15) is 0 Å². The van der Waals surface area contributed by atoms with Gasteiger partial charge in [-0.05, 0) is 86.4 Å². The van der Waals surface area contributed by atoms with Gasteiger partial charge in [-0.25, -0.2) is 4.98 Å². The molecule has 0 aliphatic rings. The van der Waals surface area contributed by atoms with E-state index in [2.05, 4.69) is 41.6 Å². The van der Waals surface area contributed by atoms with Crippen LogP contribution in [0.1, 0.15) is 62.0 Å². The zero-order valence-corrected chi connectivity index (χ0v) is 24.3. The van der Waals surface area contributed by atoms with Crippen molar-refractivity contribution in [2.75, 3.05) is 19.8 Å². The fraction of sp³-hybridized carbons (Fsp3) is 0.323. The summed E-state index contributed by atoms with van der Waals surface area (Å²) in [6.45, 7) is 11.6. The molecule has 0 bridgehead atoms. The fourth-order valence-corrected chi connectivity index (χ4v) is 4.28. The molecule has 9 heteroatoms. The fourth-order valence-electron chi connectivity index (χ4n) is 4.11. The van der Waals surface area contributed by atoms with Crippen LogP contribution in [-0.4, -0.2) is 35.8 Å². The van der Waals surface area contributed by atoms with Crippen LogP contribution in [0.3, 0.4) is 0 Å². The number of hydrogen-bond acceptors (Lipinski definition) is 7. The number of carbonyl (C=O) groups excluding carboxylic acids is 1. The highest BCUT2D eigenvalue weighted by molar-refractivity contribution is 7.80. The maximum atomic E-state index is 13.0. The standard InChI is InChI=1S/C31H35N3O5S/c1-6-36-26-16-23(17-27(37-7-2)28(26)38-8-3)29(35)34-31(40)32-18-20-9-11-21(12-10-20)30-33-24-15-22(19(4)5)13-14-25(24)39-30/h9-17,19H,6-8,18H2,1-5H3,(H2,32,34,35,40). The van der Waals surface area contributed by atoms with Gasteiger partial charge in [-0.3, -0.25) is 10.1 Å². The number of nitrogens with zero attached hydrogens (tertiary/aromatic N) is 1. The van der Waals surface area contributed by atoms with E-state index in [4.69, 9.17) is 30.8 Å². The molecule has 1 amide bonds. The van der Waals surface area contributed by atoms with E-state index in [0.717, 1.165) is 22.2 Å². The lowest BCUT2D eigenvalue weighted by molar-refractivity contribution is 0.0975. The third-order valence-electron chi connectivity index (χ3n) is 6.13. The minimum absolute atomic E-state index is 0.207. The Hall–Kier alpha value is -4.11. The first kappa shape index (κ1) is 28.9. The Morgan fingerprint density at radius 1 is 0.925 bits per heavy atom. The molecule has 4 rings (SSSR count). The number of ether oxygens (including phenoxy) is 3. The van der Waals surface area contributed by atoms with Crippen molar-refractivity contribution >= 4 is 34.3 Å². The molecular weight excluding hydrogens is 526 g/mol. The van der Waals surface area contributed by atoms with Crippen molar-refractivity contribution in [3.8, 4) is 28.7 Å². The molecule has 1 aromatic heterocycles. The van der Waals surface area contributed by atoms with Crippen molar-refractivity contribution in [3.63, 3.8) is 0 Å². The van der Waals surface area contributed by atoms with Gasteiger partial charge in [0.1, 0.15) is 5.52 Å². The Morgan fingerprint density at radius 2 is 1.57 bits per heavy atom. The average molecular weight is 562 g/mol. The van der Waals surface area contributed by atoms with Gasteiger partial charge in [0, 0.05) is 17.7 Å². The maximum absolute atomic E-state index is 13.0. The summed E-state index contributed by atoms with van der Waals surface area (Å²) in [4.78, 5) is 17.6. The van der Waals surface area contributed by atoms with E-state index < -0.39 is 0 Å². The quantitative estimate of drug-likeness (QED) is 0.197. The summed E-state index contributed by atoms with van der Waals surface area (Å²) in [6.07, 6.45) is 0. The molecular formula is C31H35N3O5S. The molecule has 0 saturated heterocycles. The average Bonchev–Trinajstić information content (AvgIpc) is 3.37. The number of benzene rings is 3. The van der Waals surface area contributed by atoms with Crippen molar-refractivity contribution in [1.82, 2.24) is 15.6 Å². The summed E-state index contributed by atoms with van der Waals surface area (Å²) in [7, 11) is 0. The van der Waals surface area contributed by atoms with Crippen LogP contribution in [0.15, 0.2) is 59.0 Å². The summed E-state index contributed by atoms with van der Waals surface area (Å²) in [6, 6.07) is 17.2. The van der Waals surface area contributed by atoms with Gasteiger partial charge < -0.3 is 23.9 Å². The van der Waals surface area contributed by atoms with E-state index >= 15 is 0 Å². The van der Waals surface area contributed by atoms with Crippen molar-refractivity contribution in [2.24, 2.45) is 0 Å². The number of oxazole rings is 1. The Kier molecular flexibility index (Phi) is 9.60. The van der Waals surface area contributed by atoms with Crippen LogP contribution < -0.4 is 24.8 Å².